The first-order valence-corrected chi connectivity index (χ1v) is 8.83. The van der Waals surface area contributed by atoms with E-state index in [9.17, 15) is 15.3 Å². The van der Waals surface area contributed by atoms with E-state index in [2.05, 4.69) is 19.9 Å². The van der Waals surface area contributed by atoms with Crippen molar-refractivity contribution in [2.75, 3.05) is 0 Å². The minimum atomic E-state index is -0.366. The first-order valence-electron chi connectivity index (χ1n) is 8.83. The maximum Gasteiger partial charge on any atom is 0.0923 e. The summed E-state index contributed by atoms with van der Waals surface area (Å²) in [6.45, 7) is 4.52. The average Bonchev–Trinajstić information content (AvgIpc) is 2.77. The van der Waals surface area contributed by atoms with Crippen LogP contribution in [-0.4, -0.2) is 27.5 Å². The summed E-state index contributed by atoms with van der Waals surface area (Å²) in [4.78, 5) is 0. The predicted octanol–water partition coefficient (Wildman–Crippen LogP) is 3.33. The van der Waals surface area contributed by atoms with Gasteiger partial charge in [0.25, 0.3) is 0 Å². The van der Waals surface area contributed by atoms with Crippen LogP contribution in [-0.2, 0) is 0 Å². The van der Waals surface area contributed by atoms with E-state index in [4.69, 9.17) is 0 Å². The molecule has 2 saturated carbocycles. The van der Waals surface area contributed by atoms with E-state index in [0.29, 0.717) is 29.9 Å². The second-order valence-electron chi connectivity index (χ2n) is 8.57. The van der Waals surface area contributed by atoms with E-state index in [-0.39, 0.29) is 23.0 Å². The highest BCUT2D eigenvalue weighted by atomic mass is 16.3. The molecule has 122 valence electrons. The molecule has 3 N–H and O–H groups in total. The van der Waals surface area contributed by atoms with Crippen LogP contribution in [0.3, 0.4) is 0 Å². The quantitative estimate of drug-likeness (QED) is 0.602. The van der Waals surface area contributed by atoms with Crippen molar-refractivity contribution in [3.05, 3.63) is 23.5 Å². The number of rotatable bonds is 0. The van der Waals surface area contributed by atoms with Crippen molar-refractivity contribution in [1.29, 1.82) is 0 Å². The van der Waals surface area contributed by atoms with Gasteiger partial charge in [-0.15, -0.1) is 0 Å². The molecule has 0 heterocycles. The fraction of sp³-hybridized carbons (Fsp3) is 0.789. The smallest absolute Gasteiger partial charge is 0.0923 e. The number of aliphatic hydroxyl groups excluding tert-OH is 3. The Labute approximate surface area is 132 Å². The molecule has 0 aromatic carbocycles. The second kappa shape index (κ2) is 4.61. The van der Waals surface area contributed by atoms with Crippen molar-refractivity contribution in [2.24, 2.45) is 28.6 Å². The lowest BCUT2D eigenvalue weighted by molar-refractivity contribution is -0.0157. The molecule has 0 unspecified atom stereocenters. The number of fused-ring (bicyclic) bond motifs is 5. The third kappa shape index (κ3) is 1.75. The van der Waals surface area contributed by atoms with Crippen LogP contribution in [0.1, 0.15) is 52.4 Å². The van der Waals surface area contributed by atoms with Gasteiger partial charge >= 0.3 is 0 Å². The minimum absolute atomic E-state index is 0.0513. The van der Waals surface area contributed by atoms with Crippen LogP contribution in [0, 0.1) is 28.6 Å². The van der Waals surface area contributed by atoms with Crippen molar-refractivity contribution in [2.45, 2.75) is 64.6 Å². The van der Waals surface area contributed by atoms with Crippen molar-refractivity contribution >= 4 is 0 Å². The Kier molecular flexibility index (Phi) is 3.09. The lowest BCUT2D eigenvalue weighted by atomic mass is 9.49. The summed E-state index contributed by atoms with van der Waals surface area (Å²) in [6, 6.07) is 0. The normalized spacial score (nSPS) is 53.9. The Morgan fingerprint density at radius 3 is 2.64 bits per heavy atom. The number of hydrogen-bond acceptors (Lipinski definition) is 3. The third-order valence-corrected chi connectivity index (χ3v) is 7.62. The molecule has 0 bridgehead atoms. The van der Waals surface area contributed by atoms with E-state index < -0.39 is 0 Å². The van der Waals surface area contributed by atoms with Crippen molar-refractivity contribution in [3.8, 4) is 0 Å². The van der Waals surface area contributed by atoms with Gasteiger partial charge < -0.3 is 15.3 Å². The Balaban J connectivity index is 1.78. The fourth-order valence-electron chi connectivity index (χ4n) is 6.10. The molecule has 0 amide bonds. The first kappa shape index (κ1) is 14.8. The van der Waals surface area contributed by atoms with Gasteiger partial charge in [-0.05, 0) is 60.8 Å². The molecule has 0 aliphatic heterocycles. The molecule has 0 radical (unpaired) electrons. The van der Waals surface area contributed by atoms with Crippen LogP contribution >= 0.6 is 0 Å². The topological polar surface area (TPSA) is 60.7 Å². The lowest BCUT2D eigenvalue weighted by Crippen LogP contribution is -2.49. The second-order valence-corrected chi connectivity index (χ2v) is 8.57. The molecule has 4 aliphatic rings. The molecule has 3 heteroatoms. The molecule has 7 atom stereocenters. The molecular weight excluding hydrogens is 276 g/mol. The summed E-state index contributed by atoms with van der Waals surface area (Å²) in [6.07, 6.45) is 8.96. The Morgan fingerprint density at radius 2 is 1.86 bits per heavy atom. The van der Waals surface area contributed by atoms with Gasteiger partial charge in [-0.3, -0.25) is 0 Å². The van der Waals surface area contributed by atoms with E-state index in [1.807, 2.05) is 6.08 Å². The zero-order valence-corrected chi connectivity index (χ0v) is 13.6. The SMILES string of the molecule is C[C@]12C=C[C@H](O)C[C@H]1CC(O)=C1[C@@H]2CC[C@]2(C)[C@@H](O)CC[C@@H]12. The molecule has 2 fully saturated rings. The summed E-state index contributed by atoms with van der Waals surface area (Å²) in [7, 11) is 0. The zero-order chi connectivity index (χ0) is 15.7. The molecule has 4 aliphatic carbocycles. The van der Waals surface area contributed by atoms with Crippen LogP contribution in [0.15, 0.2) is 23.5 Å². The number of aliphatic hydroxyl groups is 3. The standard InChI is InChI=1S/C19H28O3/c1-18-7-5-12(20)9-11(18)10-15(21)17-13-3-4-16(22)19(13,2)8-6-14(17)18/h5,7,11-14,16,20-22H,3-4,6,8-10H2,1-2H3/t11-,12-,13-,14-,16-,18-,19-/m0/s1. The predicted molar refractivity (Wildman–Crippen MR) is 85.2 cm³/mol. The van der Waals surface area contributed by atoms with Gasteiger partial charge in [0.2, 0.25) is 0 Å². The highest BCUT2D eigenvalue weighted by Gasteiger charge is 2.58. The van der Waals surface area contributed by atoms with Crippen LogP contribution in [0.4, 0.5) is 0 Å². The van der Waals surface area contributed by atoms with Crippen LogP contribution < -0.4 is 0 Å². The highest BCUT2D eigenvalue weighted by molar-refractivity contribution is 5.33. The van der Waals surface area contributed by atoms with E-state index in [0.717, 1.165) is 32.1 Å². The number of hydrogen-bond donors (Lipinski definition) is 3. The van der Waals surface area contributed by atoms with Crippen molar-refractivity contribution in [3.63, 3.8) is 0 Å². The largest absolute Gasteiger partial charge is 0.512 e. The fourth-order valence-corrected chi connectivity index (χ4v) is 6.10. The average molecular weight is 304 g/mol. The summed E-state index contributed by atoms with van der Waals surface area (Å²) < 4.78 is 0. The van der Waals surface area contributed by atoms with Crippen LogP contribution in [0.5, 0.6) is 0 Å². The van der Waals surface area contributed by atoms with Gasteiger partial charge in [0, 0.05) is 11.8 Å². The summed E-state index contributed by atoms with van der Waals surface area (Å²) in [5.41, 5.74) is 1.24. The lowest BCUT2D eigenvalue weighted by Gasteiger charge is -2.55. The maximum atomic E-state index is 10.8. The molecule has 4 rings (SSSR count). The van der Waals surface area contributed by atoms with E-state index in [1.54, 1.807) is 0 Å². The third-order valence-electron chi connectivity index (χ3n) is 7.62. The molecule has 0 saturated heterocycles. The van der Waals surface area contributed by atoms with Crippen LogP contribution in [0.25, 0.3) is 0 Å². The molecule has 22 heavy (non-hydrogen) atoms. The van der Waals surface area contributed by atoms with Crippen molar-refractivity contribution < 1.29 is 15.3 Å². The van der Waals surface area contributed by atoms with Gasteiger partial charge in [-0.2, -0.15) is 0 Å². The molecule has 0 spiro atoms. The van der Waals surface area contributed by atoms with Crippen LogP contribution in [0.2, 0.25) is 0 Å². The monoisotopic (exact) mass is 304 g/mol. The van der Waals surface area contributed by atoms with Crippen molar-refractivity contribution in [1.82, 2.24) is 0 Å². The Hall–Kier alpha value is -0.800. The molecule has 0 aromatic rings. The summed E-state index contributed by atoms with van der Waals surface area (Å²) in [5, 5.41) is 31.2. The van der Waals surface area contributed by atoms with Gasteiger partial charge in [-0.1, -0.05) is 26.0 Å². The molecule has 3 nitrogen and oxygen atoms in total. The Bertz CT molecular complexity index is 551. The van der Waals surface area contributed by atoms with Gasteiger partial charge in [-0.25, -0.2) is 0 Å². The number of allylic oxidation sites excluding steroid dienone is 3. The minimum Gasteiger partial charge on any atom is -0.512 e. The summed E-state index contributed by atoms with van der Waals surface area (Å²) >= 11 is 0. The highest BCUT2D eigenvalue weighted by Crippen LogP contribution is 2.64. The maximum absolute atomic E-state index is 10.8. The van der Waals surface area contributed by atoms with E-state index in [1.165, 1.54) is 5.57 Å². The zero-order valence-electron chi connectivity index (χ0n) is 13.6. The first-order chi connectivity index (χ1) is 10.4. The van der Waals surface area contributed by atoms with Gasteiger partial charge in [0.15, 0.2) is 0 Å². The molecule has 0 aromatic heterocycles. The van der Waals surface area contributed by atoms with Gasteiger partial charge in [0.1, 0.15) is 0 Å². The summed E-state index contributed by atoms with van der Waals surface area (Å²) in [5.74, 6) is 1.61. The Morgan fingerprint density at radius 1 is 1.09 bits per heavy atom. The van der Waals surface area contributed by atoms with Gasteiger partial charge in [0.05, 0.1) is 18.0 Å². The van der Waals surface area contributed by atoms with E-state index >= 15 is 0 Å². The molecular formula is C19H28O3.